The summed E-state index contributed by atoms with van der Waals surface area (Å²) >= 11 is 1.62. The second-order valence-corrected chi connectivity index (χ2v) is 7.77. The van der Waals surface area contributed by atoms with E-state index >= 15 is 0 Å². The van der Waals surface area contributed by atoms with Crippen LogP contribution in [0.2, 0.25) is 0 Å². The monoisotopic (exact) mass is 386 g/mol. The number of aryl methyl sites for hydroxylation is 3. The number of hydrogen-bond acceptors (Lipinski definition) is 5. The molecule has 4 rings (SSSR count). The van der Waals surface area contributed by atoms with E-state index in [9.17, 15) is 9.18 Å². The maximum atomic E-state index is 12.5. The van der Waals surface area contributed by atoms with E-state index in [1.165, 1.54) is 33.8 Å². The highest BCUT2D eigenvalue weighted by atomic mass is 32.1. The summed E-state index contributed by atoms with van der Waals surface area (Å²) in [7, 11) is 0. The van der Waals surface area contributed by atoms with Gasteiger partial charge in [-0.25, -0.2) is 4.39 Å². The summed E-state index contributed by atoms with van der Waals surface area (Å²) in [4.78, 5) is 13.0. The first kappa shape index (κ1) is 19.4. The Balaban J connectivity index is 0.000000168. The molecule has 3 aromatic rings. The molecule has 2 aromatic heterocycles. The van der Waals surface area contributed by atoms with Crippen molar-refractivity contribution in [2.45, 2.75) is 38.9 Å². The number of fused-ring (bicyclic) bond motifs is 3. The van der Waals surface area contributed by atoms with Crippen molar-refractivity contribution in [1.82, 2.24) is 9.78 Å². The maximum absolute atomic E-state index is 12.5. The molecule has 0 spiro atoms. The SMILES string of the molecule is Cc1cnn2c1-c1cc(C=O)sc1CCC2.NC(N)Cc1cccc(F)c1. The molecule has 0 aliphatic carbocycles. The van der Waals surface area contributed by atoms with Crippen molar-refractivity contribution in [2.75, 3.05) is 0 Å². The van der Waals surface area contributed by atoms with Gasteiger partial charge in [0.15, 0.2) is 6.29 Å². The minimum absolute atomic E-state index is 0.247. The highest BCUT2D eigenvalue weighted by molar-refractivity contribution is 7.14. The lowest BCUT2D eigenvalue weighted by atomic mass is 10.1. The number of hydrogen-bond donors (Lipinski definition) is 2. The molecule has 1 aromatic carbocycles. The number of rotatable bonds is 3. The maximum Gasteiger partial charge on any atom is 0.160 e. The van der Waals surface area contributed by atoms with Gasteiger partial charge in [-0.1, -0.05) is 12.1 Å². The van der Waals surface area contributed by atoms with E-state index in [1.807, 2.05) is 12.3 Å². The fraction of sp³-hybridized carbons (Fsp3) is 0.300. The molecule has 4 N–H and O–H groups in total. The number of aromatic nitrogens is 2. The van der Waals surface area contributed by atoms with Gasteiger partial charge in [-0.2, -0.15) is 5.10 Å². The summed E-state index contributed by atoms with van der Waals surface area (Å²) in [5.41, 5.74) is 15.1. The molecule has 0 saturated carbocycles. The Hall–Kier alpha value is -2.35. The molecule has 0 bridgehead atoms. The summed E-state index contributed by atoms with van der Waals surface area (Å²) in [5.74, 6) is -0.247. The summed E-state index contributed by atoms with van der Waals surface area (Å²) in [6.45, 7) is 3.05. The molecular formula is C20H23FN4OS. The molecule has 0 atom stereocenters. The van der Waals surface area contributed by atoms with Gasteiger partial charge in [-0.3, -0.25) is 9.48 Å². The molecule has 27 heavy (non-hydrogen) atoms. The Morgan fingerprint density at radius 2 is 2.19 bits per heavy atom. The number of benzene rings is 1. The molecule has 0 amide bonds. The van der Waals surface area contributed by atoms with Crippen LogP contribution in [0, 0.1) is 12.7 Å². The Labute approximate surface area is 161 Å². The molecule has 0 unspecified atom stereocenters. The third kappa shape index (κ3) is 4.68. The van der Waals surface area contributed by atoms with Gasteiger partial charge in [-0.15, -0.1) is 11.3 Å². The number of thiophene rings is 1. The van der Waals surface area contributed by atoms with Gasteiger partial charge in [0, 0.05) is 23.4 Å². The van der Waals surface area contributed by atoms with Crippen molar-refractivity contribution in [2.24, 2.45) is 11.5 Å². The number of aldehydes is 1. The van der Waals surface area contributed by atoms with Crippen LogP contribution in [0.3, 0.4) is 0 Å². The Morgan fingerprint density at radius 1 is 1.37 bits per heavy atom. The second kappa shape index (κ2) is 8.56. The number of carbonyl (C=O) groups excluding carboxylic acids is 1. The van der Waals surface area contributed by atoms with Crippen molar-refractivity contribution < 1.29 is 9.18 Å². The minimum atomic E-state index is -0.406. The van der Waals surface area contributed by atoms with E-state index in [0.29, 0.717) is 6.42 Å². The molecule has 0 fully saturated rings. The third-order valence-corrected chi connectivity index (χ3v) is 5.48. The topological polar surface area (TPSA) is 86.9 Å². The number of nitrogens with two attached hydrogens (primary N) is 2. The molecular weight excluding hydrogens is 363 g/mol. The van der Waals surface area contributed by atoms with Gasteiger partial charge < -0.3 is 11.5 Å². The van der Waals surface area contributed by atoms with Crippen LogP contribution in [0.5, 0.6) is 0 Å². The van der Waals surface area contributed by atoms with Crippen LogP contribution in [-0.2, 0) is 19.4 Å². The first-order valence-electron chi connectivity index (χ1n) is 8.84. The summed E-state index contributed by atoms with van der Waals surface area (Å²) in [6.07, 6.45) is 5.10. The molecule has 142 valence electrons. The zero-order valence-corrected chi connectivity index (χ0v) is 16.0. The smallest absolute Gasteiger partial charge is 0.160 e. The third-order valence-electron chi connectivity index (χ3n) is 4.36. The largest absolute Gasteiger partial charge is 0.316 e. The lowest BCUT2D eigenvalue weighted by Crippen LogP contribution is -2.32. The van der Waals surface area contributed by atoms with Crippen LogP contribution in [0.4, 0.5) is 4.39 Å². The van der Waals surface area contributed by atoms with Gasteiger partial charge in [0.05, 0.1) is 22.9 Å². The molecule has 1 aliphatic rings. The lowest BCUT2D eigenvalue weighted by Gasteiger charge is -2.04. The van der Waals surface area contributed by atoms with Crippen LogP contribution in [-0.4, -0.2) is 22.2 Å². The van der Waals surface area contributed by atoms with E-state index in [4.69, 9.17) is 11.5 Å². The van der Waals surface area contributed by atoms with Gasteiger partial charge in [0.25, 0.3) is 0 Å². The fourth-order valence-electron chi connectivity index (χ4n) is 3.22. The molecule has 1 aliphatic heterocycles. The summed E-state index contributed by atoms with van der Waals surface area (Å²) in [6, 6.07) is 8.28. The van der Waals surface area contributed by atoms with Crippen LogP contribution in [0.25, 0.3) is 11.3 Å². The normalized spacial score (nSPS) is 12.6. The van der Waals surface area contributed by atoms with E-state index < -0.39 is 6.17 Å². The Morgan fingerprint density at radius 3 is 2.89 bits per heavy atom. The summed E-state index contributed by atoms with van der Waals surface area (Å²) < 4.78 is 14.6. The highest BCUT2D eigenvalue weighted by Gasteiger charge is 2.19. The van der Waals surface area contributed by atoms with E-state index in [1.54, 1.807) is 23.5 Å². The minimum Gasteiger partial charge on any atom is -0.316 e. The highest BCUT2D eigenvalue weighted by Crippen LogP contribution is 2.35. The standard InChI is InChI=1S/C12H12N2OS.C8H11FN2/c1-8-6-13-14-4-2-3-11-10(12(8)14)5-9(7-15)16-11;9-7-3-1-2-6(4-7)5-8(10)11/h5-7H,2-4H2,1H3;1-4,8H,5,10-11H2. The molecule has 7 heteroatoms. The fourth-order valence-corrected chi connectivity index (χ4v) is 4.24. The van der Waals surface area contributed by atoms with Crippen molar-refractivity contribution in [3.8, 4) is 11.3 Å². The van der Waals surface area contributed by atoms with Crippen molar-refractivity contribution >= 4 is 17.6 Å². The van der Waals surface area contributed by atoms with Crippen LogP contribution in [0.1, 0.15) is 32.1 Å². The molecule has 5 nitrogen and oxygen atoms in total. The lowest BCUT2D eigenvalue weighted by molar-refractivity contribution is 0.112. The van der Waals surface area contributed by atoms with E-state index in [2.05, 4.69) is 16.7 Å². The predicted molar refractivity (Wildman–Crippen MR) is 106 cm³/mol. The van der Waals surface area contributed by atoms with Gasteiger partial charge in [0.2, 0.25) is 0 Å². The quantitative estimate of drug-likeness (QED) is 0.534. The van der Waals surface area contributed by atoms with Crippen molar-refractivity contribution in [3.63, 3.8) is 0 Å². The molecule has 0 saturated heterocycles. The average Bonchev–Trinajstić information content (AvgIpc) is 3.14. The Kier molecular flexibility index (Phi) is 6.15. The number of nitrogens with zero attached hydrogens (tertiary/aromatic N) is 2. The zero-order chi connectivity index (χ0) is 19.4. The molecule has 0 radical (unpaired) electrons. The van der Waals surface area contributed by atoms with Crippen LogP contribution >= 0.6 is 11.3 Å². The first-order valence-corrected chi connectivity index (χ1v) is 9.66. The van der Waals surface area contributed by atoms with Gasteiger partial charge >= 0.3 is 0 Å². The number of halogens is 1. The number of carbonyl (C=O) groups is 1. The average molecular weight is 386 g/mol. The van der Waals surface area contributed by atoms with Gasteiger partial charge in [-0.05, 0) is 49.1 Å². The second-order valence-electron chi connectivity index (χ2n) is 6.60. The van der Waals surface area contributed by atoms with Crippen molar-refractivity contribution in [1.29, 1.82) is 0 Å². The van der Waals surface area contributed by atoms with Crippen LogP contribution in [0.15, 0.2) is 36.5 Å². The first-order chi connectivity index (χ1) is 13.0. The van der Waals surface area contributed by atoms with Crippen LogP contribution < -0.4 is 11.5 Å². The van der Waals surface area contributed by atoms with E-state index in [0.717, 1.165) is 36.1 Å². The summed E-state index contributed by atoms with van der Waals surface area (Å²) in [5, 5.41) is 4.38. The van der Waals surface area contributed by atoms with E-state index in [-0.39, 0.29) is 5.82 Å². The predicted octanol–water partition coefficient (Wildman–Crippen LogP) is 3.29. The van der Waals surface area contributed by atoms with Gasteiger partial charge in [0.1, 0.15) is 5.82 Å². The zero-order valence-electron chi connectivity index (χ0n) is 15.2. The Bertz CT molecular complexity index is 932. The van der Waals surface area contributed by atoms with Crippen molar-refractivity contribution in [3.05, 3.63) is 63.2 Å². The molecule has 3 heterocycles.